The Labute approximate surface area is 71.3 Å². The van der Waals surface area contributed by atoms with Gasteiger partial charge in [0.15, 0.2) is 0 Å². The number of aromatic amines is 1. The third-order valence-electron chi connectivity index (χ3n) is 1.80. The second-order valence-electron chi connectivity index (χ2n) is 2.67. The van der Waals surface area contributed by atoms with Gasteiger partial charge in [0.05, 0.1) is 0 Å². The lowest BCUT2D eigenvalue weighted by atomic mass is 10.1. The van der Waals surface area contributed by atoms with Crippen molar-refractivity contribution in [2.45, 2.75) is 6.92 Å². The van der Waals surface area contributed by atoms with Crippen LogP contribution in [0.15, 0.2) is 30.6 Å². The maximum absolute atomic E-state index is 4.16. The molecule has 2 rings (SSSR count). The Kier molecular flexibility index (Phi) is 1.67. The lowest BCUT2D eigenvalue weighted by Crippen LogP contribution is -1.84. The molecular weight excluding hydrogens is 148 g/mol. The largest absolute Gasteiger partial charge is 0.345 e. The fourth-order valence-electron chi connectivity index (χ4n) is 1.18. The van der Waals surface area contributed by atoms with E-state index in [4.69, 9.17) is 0 Å². The highest BCUT2D eigenvalue weighted by Crippen LogP contribution is 2.17. The second-order valence-corrected chi connectivity index (χ2v) is 2.67. The first-order valence-electron chi connectivity index (χ1n) is 3.85. The molecule has 0 atom stereocenters. The third-order valence-corrected chi connectivity index (χ3v) is 1.80. The van der Waals surface area contributed by atoms with Gasteiger partial charge in [-0.25, -0.2) is 4.98 Å². The van der Waals surface area contributed by atoms with Crippen LogP contribution in [0.25, 0.3) is 11.4 Å². The smallest absolute Gasteiger partial charge is 0.138 e. The molecule has 0 fully saturated rings. The molecule has 1 heterocycles. The Morgan fingerprint density at radius 1 is 1.50 bits per heavy atom. The van der Waals surface area contributed by atoms with Crippen LogP contribution in [-0.4, -0.2) is 9.97 Å². The van der Waals surface area contributed by atoms with Crippen LogP contribution in [0.2, 0.25) is 0 Å². The highest BCUT2D eigenvalue weighted by atomic mass is 14.9. The molecule has 0 spiro atoms. The summed E-state index contributed by atoms with van der Waals surface area (Å²) < 4.78 is 0. The van der Waals surface area contributed by atoms with Gasteiger partial charge in [-0.05, 0) is 18.6 Å². The van der Waals surface area contributed by atoms with E-state index in [-0.39, 0.29) is 0 Å². The first-order valence-corrected chi connectivity index (χ1v) is 3.85. The van der Waals surface area contributed by atoms with Crippen LogP contribution in [-0.2, 0) is 0 Å². The fourth-order valence-corrected chi connectivity index (χ4v) is 1.18. The van der Waals surface area contributed by atoms with Crippen LogP contribution < -0.4 is 0 Å². The number of H-pyrrole nitrogens is 1. The van der Waals surface area contributed by atoms with Crippen molar-refractivity contribution in [1.29, 1.82) is 0 Å². The van der Waals surface area contributed by atoms with Crippen molar-refractivity contribution in [2.24, 2.45) is 0 Å². The van der Waals surface area contributed by atoms with Crippen LogP contribution in [0, 0.1) is 13.0 Å². The fraction of sp³-hybridized carbons (Fsp3) is 0.100. The normalized spacial score (nSPS) is 10.1. The summed E-state index contributed by atoms with van der Waals surface area (Å²) in [6, 6.07) is 9.06. The average molecular weight is 157 g/mol. The zero-order chi connectivity index (χ0) is 8.39. The van der Waals surface area contributed by atoms with Gasteiger partial charge in [-0.1, -0.05) is 18.2 Å². The number of imidazole rings is 1. The molecular formula is C10H9N2. The number of nitrogens with one attached hydrogen (secondary N) is 1. The Morgan fingerprint density at radius 2 is 2.42 bits per heavy atom. The number of hydrogen-bond donors (Lipinski definition) is 1. The van der Waals surface area contributed by atoms with Crippen molar-refractivity contribution < 1.29 is 0 Å². The molecule has 0 saturated carbocycles. The molecule has 0 amide bonds. The van der Waals surface area contributed by atoms with Crippen molar-refractivity contribution in [3.63, 3.8) is 0 Å². The number of aromatic nitrogens is 2. The summed E-state index contributed by atoms with van der Waals surface area (Å²) in [6.45, 7) is 2.05. The van der Waals surface area contributed by atoms with E-state index in [0.29, 0.717) is 0 Å². The van der Waals surface area contributed by atoms with Gasteiger partial charge in [-0.2, -0.15) is 0 Å². The molecule has 12 heavy (non-hydrogen) atoms. The van der Waals surface area contributed by atoms with E-state index in [2.05, 4.69) is 16.0 Å². The summed E-state index contributed by atoms with van der Waals surface area (Å²) in [4.78, 5) is 7.21. The summed E-state index contributed by atoms with van der Waals surface area (Å²) in [5, 5.41) is 0. The lowest BCUT2D eigenvalue weighted by Gasteiger charge is -1.99. The summed E-state index contributed by atoms with van der Waals surface area (Å²) in [5.41, 5.74) is 2.23. The Bertz CT molecular complexity index is 363. The minimum atomic E-state index is 0.883. The predicted molar refractivity (Wildman–Crippen MR) is 47.6 cm³/mol. The van der Waals surface area contributed by atoms with Gasteiger partial charge in [0, 0.05) is 18.0 Å². The molecule has 1 aromatic heterocycles. The van der Waals surface area contributed by atoms with E-state index in [1.54, 1.807) is 6.20 Å². The van der Waals surface area contributed by atoms with Crippen molar-refractivity contribution in [3.8, 4) is 11.4 Å². The summed E-state index contributed by atoms with van der Waals surface area (Å²) in [5.74, 6) is 0.883. The molecule has 2 heteroatoms. The number of rotatable bonds is 1. The van der Waals surface area contributed by atoms with Crippen molar-refractivity contribution >= 4 is 0 Å². The summed E-state index contributed by atoms with van der Waals surface area (Å²) >= 11 is 0. The van der Waals surface area contributed by atoms with Gasteiger partial charge in [-0.3, -0.25) is 0 Å². The highest BCUT2D eigenvalue weighted by Gasteiger charge is 2.01. The van der Waals surface area contributed by atoms with Gasteiger partial charge in [0.2, 0.25) is 0 Å². The molecule has 0 aliphatic carbocycles. The molecule has 0 aliphatic rings. The molecule has 59 valence electrons. The van der Waals surface area contributed by atoms with E-state index < -0.39 is 0 Å². The van der Waals surface area contributed by atoms with Crippen molar-refractivity contribution in [1.82, 2.24) is 9.97 Å². The topological polar surface area (TPSA) is 28.7 Å². The molecule has 0 bridgehead atoms. The van der Waals surface area contributed by atoms with Crippen molar-refractivity contribution in [3.05, 3.63) is 42.2 Å². The van der Waals surface area contributed by atoms with E-state index in [0.717, 1.165) is 11.4 Å². The summed E-state index contributed by atoms with van der Waals surface area (Å²) in [7, 11) is 0. The van der Waals surface area contributed by atoms with E-state index >= 15 is 0 Å². The first kappa shape index (κ1) is 7.10. The number of aryl methyl sites for hydroxylation is 1. The molecule has 0 aliphatic heterocycles. The first-order chi connectivity index (χ1) is 5.88. The number of nitrogens with zero attached hydrogens (tertiary/aromatic N) is 1. The Morgan fingerprint density at radius 3 is 3.08 bits per heavy atom. The molecule has 0 unspecified atom stereocenters. The molecule has 1 radical (unpaired) electrons. The maximum Gasteiger partial charge on any atom is 0.138 e. The average Bonchev–Trinajstić information content (AvgIpc) is 2.57. The molecule has 1 aromatic carbocycles. The van der Waals surface area contributed by atoms with Gasteiger partial charge in [-0.15, -0.1) is 0 Å². The maximum atomic E-state index is 4.16. The van der Waals surface area contributed by atoms with E-state index in [1.165, 1.54) is 5.56 Å². The predicted octanol–water partition coefficient (Wildman–Crippen LogP) is 2.19. The quantitative estimate of drug-likeness (QED) is 0.675. The van der Waals surface area contributed by atoms with Gasteiger partial charge in [0.25, 0.3) is 0 Å². The third kappa shape index (κ3) is 1.11. The molecule has 0 saturated heterocycles. The van der Waals surface area contributed by atoms with Crippen LogP contribution in [0.4, 0.5) is 0 Å². The zero-order valence-corrected chi connectivity index (χ0v) is 6.83. The Balaban J connectivity index is 2.55. The van der Waals surface area contributed by atoms with Crippen LogP contribution in [0.5, 0.6) is 0 Å². The zero-order valence-electron chi connectivity index (χ0n) is 6.83. The van der Waals surface area contributed by atoms with Gasteiger partial charge >= 0.3 is 0 Å². The van der Waals surface area contributed by atoms with E-state index in [1.807, 2.05) is 31.3 Å². The number of hydrogen-bond acceptors (Lipinski definition) is 1. The van der Waals surface area contributed by atoms with Crippen LogP contribution in [0.1, 0.15) is 5.56 Å². The molecule has 2 nitrogen and oxygen atoms in total. The van der Waals surface area contributed by atoms with Crippen LogP contribution >= 0.6 is 0 Å². The van der Waals surface area contributed by atoms with Crippen molar-refractivity contribution in [2.75, 3.05) is 0 Å². The van der Waals surface area contributed by atoms with Crippen LogP contribution in [0.3, 0.4) is 0 Å². The highest BCUT2D eigenvalue weighted by molar-refractivity contribution is 5.58. The SMILES string of the molecule is Cc1ccc[c]c1-c1ncc[nH]1. The minimum Gasteiger partial charge on any atom is -0.345 e. The summed E-state index contributed by atoms with van der Waals surface area (Å²) in [6.07, 6.45) is 3.56. The lowest BCUT2D eigenvalue weighted by molar-refractivity contribution is 1.28. The van der Waals surface area contributed by atoms with Gasteiger partial charge in [0.1, 0.15) is 5.82 Å². The standard InChI is InChI=1S/C10H9N2/c1-8-4-2-3-5-9(8)10-11-6-7-12-10/h2-4,6-7H,1H3,(H,11,12). The second kappa shape index (κ2) is 2.81. The Hall–Kier alpha value is -1.57. The van der Waals surface area contributed by atoms with Gasteiger partial charge < -0.3 is 4.98 Å². The molecule has 1 N–H and O–H groups in total. The molecule has 2 aromatic rings. The number of benzene rings is 1. The minimum absolute atomic E-state index is 0.883. The van der Waals surface area contributed by atoms with E-state index in [9.17, 15) is 0 Å². The monoisotopic (exact) mass is 157 g/mol.